The molecule has 2 heterocycles. The second-order valence-electron chi connectivity index (χ2n) is 4.39. The molecule has 2 N–H and O–H groups in total. The number of benzene rings is 1. The first kappa shape index (κ1) is 13.9. The van der Waals surface area contributed by atoms with Crippen LogP contribution in [0.5, 0.6) is 0 Å². The summed E-state index contributed by atoms with van der Waals surface area (Å²) >= 11 is 3.32. The molecule has 0 bridgehead atoms. The van der Waals surface area contributed by atoms with Gasteiger partial charge < -0.3 is 5.73 Å². The number of pyridine rings is 1. The molecule has 0 fully saturated rings. The number of nitrogens with two attached hydrogens (primary N) is 1. The number of rotatable bonds is 1. The van der Waals surface area contributed by atoms with Crippen LogP contribution in [0.3, 0.4) is 0 Å². The Labute approximate surface area is 125 Å². The van der Waals surface area contributed by atoms with Crippen molar-refractivity contribution in [3.05, 3.63) is 46.8 Å². The molecule has 0 aliphatic rings. The zero-order valence-electron chi connectivity index (χ0n) is 10.4. The fraction of sp³-hybridized carbons (Fsp3) is 0.0769. The van der Waals surface area contributed by atoms with Crippen LogP contribution in [-0.2, 0) is 6.18 Å². The standard InChI is InChI=1S/C13H8BrF3N4/c14-8-1-2-11-9(3-8)12(10(18)5-19-11)21-6-7(4-20-21)13(15,16)17/h1-6H,18H2. The SMILES string of the molecule is Nc1cnc2ccc(Br)cc2c1-n1cc(C(F)(F)F)cn1. The van der Waals surface area contributed by atoms with Crippen LogP contribution in [0.25, 0.3) is 16.6 Å². The molecule has 21 heavy (non-hydrogen) atoms. The molecule has 2 aromatic heterocycles. The average molecular weight is 357 g/mol. The summed E-state index contributed by atoms with van der Waals surface area (Å²) in [6, 6.07) is 5.28. The average Bonchev–Trinajstić information content (AvgIpc) is 2.87. The van der Waals surface area contributed by atoms with Gasteiger partial charge in [-0.25, -0.2) is 4.68 Å². The topological polar surface area (TPSA) is 56.7 Å². The van der Waals surface area contributed by atoms with Crippen molar-refractivity contribution in [2.45, 2.75) is 6.18 Å². The summed E-state index contributed by atoms with van der Waals surface area (Å²) in [6.07, 6.45) is -1.37. The molecule has 0 aliphatic carbocycles. The number of fused-ring (bicyclic) bond motifs is 1. The van der Waals surface area contributed by atoms with Crippen molar-refractivity contribution >= 4 is 32.5 Å². The summed E-state index contributed by atoms with van der Waals surface area (Å²) in [4.78, 5) is 4.15. The molecular formula is C13H8BrF3N4. The molecule has 0 saturated carbocycles. The van der Waals surface area contributed by atoms with E-state index >= 15 is 0 Å². The van der Waals surface area contributed by atoms with Crippen LogP contribution in [0.4, 0.5) is 18.9 Å². The number of nitrogen functional groups attached to an aromatic ring is 1. The molecule has 0 radical (unpaired) electrons. The van der Waals surface area contributed by atoms with Gasteiger partial charge in [0.25, 0.3) is 0 Å². The summed E-state index contributed by atoms with van der Waals surface area (Å²) in [5.74, 6) is 0. The third-order valence-electron chi connectivity index (χ3n) is 2.97. The maximum Gasteiger partial charge on any atom is 0.419 e. The molecular weight excluding hydrogens is 349 g/mol. The first-order chi connectivity index (χ1) is 9.86. The molecule has 3 aromatic rings. The first-order valence-corrected chi connectivity index (χ1v) is 6.61. The first-order valence-electron chi connectivity index (χ1n) is 5.82. The molecule has 0 amide bonds. The van der Waals surface area contributed by atoms with Crippen LogP contribution < -0.4 is 5.73 Å². The zero-order chi connectivity index (χ0) is 15.2. The Morgan fingerprint density at radius 2 is 1.95 bits per heavy atom. The van der Waals surface area contributed by atoms with Crippen molar-refractivity contribution in [1.29, 1.82) is 0 Å². The molecule has 0 atom stereocenters. The molecule has 108 valence electrons. The predicted molar refractivity (Wildman–Crippen MR) is 76.0 cm³/mol. The second-order valence-corrected chi connectivity index (χ2v) is 5.31. The highest BCUT2D eigenvalue weighted by molar-refractivity contribution is 9.10. The minimum absolute atomic E-state index is 0.248. The fourth-order valence-electron chi connectivity index (χ4n) is 2.01. The number of aromatic nitrogens is 3. The molecule has 3 rings (SSSR count). The van der Waals surface area contributed by atoms with E-state index < -0.39 is 11.7 Å². The molecule has 0 saturated heterocycles. The Hall–Kier alpha value is -2.09. The van der Waals surface area contributed by atoms with Gasteiger partial charge >= 0.3 is 6.18 Å². The Kier molecular flexibility index (Phi) is 3.12. The Bertz CT molecular complexity index is 821. The van der Waals surface area contributed by atoms with Gasteiger partial charge in [-0.05, 0) is 18.2 Å². The zero-order valence-corrected chi connectivity index (χ0v) is 12.0. The van der Waals surface area contributed by atoms with Gasteiger partial charge in [-0.15, -0.1) is 0 Å². The van der Waals surface area contributed by atoms with E-state index in [0.29, 0.717) is 16.6 Å². The number of hydrogen-bond donors (Lipinski definition) is 1. The van der Waals surface area contributed by atoms with Gasteiger partial charge in [0.1, 0.15) is 0 Å². The van der Waals surface area contributed by atoms with E-state index in [0.717, 1.165) is 21.5 Å². The number of nitrogens with zero attached hydrogens (tertiary/aromatic N) is 3. The summed E-state index contributed by atoms with van der Waals surface area (Å²) in [6.45, 7) is 0. The molecule has 8 heteroatoms. The Morgan fingerprint density at radius 1 is 1.19 bits per heavy atom. The second kappa shape index (κ2) is 4.73. The van der Waals surface area contributed by atoms with Gasteiger partial charge in [-0.2, -0.15) is 18.3 Å². The van der Waals surface area contributed by atoms with Crippen molar-refractivity contribution in [2.24, 2.45) is 0 Å². The normalized spacial score (nSPS) is 12.0. The van der Waals surface area contributed by atoms with Gasteiger partial charge in [-0.1, -0.05) is 15.9 Å². The lowest BCUT2D eigenvalue weighted by atomic mass is 10.1. The van der Waals surface area contributed by atoms with E-state index in [9.17, 15) is 13.2 Å². The largest absolute Gasteiger partial charge is 0.419 e. The monoisotopic (exact) mass is 356 g/mol. The molecule has 4 nitrogen and oxygen atoms in total. The van der Waals surface area contributed by atoms with E-state index in [1.165, 1.54) is 6.20 Å². The summed E-state index contributed by atoms with van der Waals surface area (Å²) in [7, 11) is 0. The lowest BCUT2D eigenvalue weighted by molar-refractivity contribution is -0.137. The number of halogens is 4. The van der Waals surface area contributed by atoms with Gasteiger partial charge in [0.05, 0.1) is 34.8 Å². The van der Waals surface area contributed by atoms with Crippen LogP contribution in [-0.4, -0.2) is 14.8 Å². The highest BCUT2D eigenvalue weighted by Crippen LogP contribution is 2.32. The minimum Gasteiger partial charge on any atom is -0.396 e. The lowest BCUT2D eigenvalue weighted by Gasteiger charge is -2.10. The summed E-state index contributed by atoms with van der Waals surface area (Å²) in [5.41, 5.74) is 6.27. The van der Waals surface area contributed by atoms with Gasteiger partial charge in [0.15, 0.2) is 0 Å². The number of anilines is 1. The van der Waals surface area contributed by atoms with Crippen LogP contribution in [0.2, 0.25) is 0 Å². The Morgan fingerprint density at radius 3 is 2.62 bits per heavy atom. The van der Waals surface area contributed by atoms with Crippen molar-refractivity contribution in [2.75, 3.05) is 5.73 Å². The van der Waals surface area contributed by atoms with Crippen LogP contribution >= 0.6 is 15.9 Å². The van der Waals surface area contributed by atoms with Crippen molar-refractivity contribution in [3.8, 4) is 5.69 Å². The third kappa shape index (κ3) is 2.46. The Balaban J connectivity index is 2.26. The molecule has 1 aromatic carbocycles. The maximum absolute atomic E-state index is 12.7. The predicted octanol–water partition coefficient (Wildman–Crippen LogP) is 3.78. The van der Waals surface area contributed by atoms with Crippen molar-refractivity contribution in [1.82, 2.24) is 14.8 Å². The van der Waals surface area contributed by atoms with E-state index in [-0.39, 0.29) is 5.69 Å². The van der Waals surface area contributed by atoms with Crippen molar-refractivity contribution < 1.29 is 13.2 Å². The summed E-state index contributed by atoms with van der Waals surface area (Å²) < 4.78 is 40.0. The van der Waals surface area contributed by atoms with Crippen LogP contribution in [0.1, 0.15) is 5.56 Å². The van der Waals surface area contributed by atoms with Crippen molar-refractivity contribution in [3.63, 3.8) is 0 Å². The smallest absolute Gasteiger partial charge is 0.396 e. The van der Waals surface area contributed by atoms with Crippen LogP contribution in [0.15, 0.2) is 41.3 Å². The molecule has 0 unspecified atom stereocenters. The number of hydrogen-bond acceptors (Lipinski definition) is 3. The quantitative estimate of drug-likeness (QED) is 0.721. The molecule has 0 spiro atoms. The molecule has 0 aliphatic heterocycles. The number of alkyl halides is 3. The van der Waals surface area contributed by atoms with Crippen LogP contribution in [0, 0.1) is 0 Å². The summed E-state index contributed by atoms with van der Waals surface area (Å²) in [5, 5.41) is 4.38. The lowest BCUT2D eigenvalue weighted by Crippen LogP contribution is -2.04. The van der Waals surface area contributed by atoms with E-state index in [1.807, 2.05) is 0 Å². The van der Waals surface area contributed by atoms with Gasteiger partial charge in [0.2, 0.25) is 0 Å². The van der Waals surface area contributed by atoms with E-state index in [4.69, 9.17) is 5.73 Å². The minimum atomic E-state index is -4.45. The highest BCUT2D eigenvalue weighted by atomic mass is 79.9. The van der Waals surface area contributed by atoms with Gasteiger partial charge in [0, 0.05) is 16.1 Å². The maximum atomic E-state index is 12.7. The third-order valence-corrected chi connectivity index (χ3v) is 3.46. The van der Waals surface area contributed by atoms with Gasteiger partial charge in [-0.3, -0.25) is 4.98 Å². The highest BCUT2D eigenvalue weighted by Gasteiger charge is 2.32. The fourth-order valence-corrected chi connectivity index (χ4v) is 2.37. The van der Waals surface area contributed by atoms with E-state index in [1.54, 1.807) is 18.2 Å². The van der Waals surface area contributed by atoms with E-state index in [2.05, 4.69) is 26.0 Å².